The largest absolute Gasteiger partial charge is 0.486 e. The minimum atomic E-state index is -1.39. The Labute approximate surface area is 97.0 Å². The smallest absolute Gasteiger partial charge is 0.210 e. The summed E-state index contributed by atoms with van der Waals surface area (Å²) in [6.45, 7) is 6.51. The summed E-state index contributed by atoms with van der Waals surface area (Å²) in [5.74, 6) is -4.97. The van der Waals surface area contributed by atoms with Gasteiger partial charge >= 0.3 is 0 Å². The van der Waals surface area contributed by atoms with Gasteiger partial charge in [-0.2, -0.15) is 8.78 Å². The Morgan fingerprint density at radius 3 is 2.18 bits per heavy atom. The number of halogens is 3. The van der Waals surface area contributed by atoms with Crippen LogP contribution >= 0.6 is 0 Å². The third-order valence-corrected chi connectivity index (χ3v) is 1.78. The van der Waals surface area contributed by atoms with E-state index < -0.39 is 29.0 Å². The minimum absolute atomic E-state index is 0.0249. The van der Waals surface area contributed by atoms with Crippen molar-refractivity contribution in [3.63, 3.8) is 0 Å². The fraction of sp³-hybridized carbons (Fsp3) is 0.167. The first-order valence-electron chi connectivity index (χ1n) is 4.76. The molecule has 0 saturated carbocycles. The van der Waals surface area contributed by atoms with Gasteiger partial charge in [0.15, 0.2) is 17.3 Å². The summed E-state index contributed by atoms with van der Waals surface area (Å²) in [5, 5.41) is 0. The van der Waals surface area contributed by atoms with Gasteiger partial charge in [0, 0.05) is 6.07 Å². The van der Waals surface area contributed by atoms with E-state index in [1.165, 1.54) is 12.2 Å². The van der Waals surface area contributed by atoms with E-state index >= 15 is 0 Å². The van der Waals surface area contributed by atoms with Gasteiger partial charge in [0.25, 0.3) is 0 Å². The number of ether oxygens (including phenoxy) is 2. The maximum absolute atomic E-state index is 13.6. The van der Waals surface area contributed by atoms with Crippen LogP contribution in [0.3, 0.4) is 0 Å². The van der Waals surface area contributed by atoms with E-state index in [-0.39, 0.29) is 13.2 Å². The summed E-state index contributed by atoms with van der Waals surface area (Å²) in [6, 6.07) is 0.620. The Hall–Kier alpha value is -1.91. The van der Waals surface area contributed by atoms with Gasteiger partial charge in [-0.1, -0.05) is 25.3 Å². The second-order valence-corrected chi connectivity index (χ2v) is 3.01. The molecule has 0 heterocycles. The molecule has 92 valence electrons. The number of rotatable bonds is 6. The zero-order chi connectivity index (χ0) is 12.8. The summed E-state index contributed by atoms with van der Waals surface area (Å²) in [6.07, 6.45) is 2.64. The molecule has 0 spiro atoms. The van der Waals surface area contributed by atoms with Gasteiger partial charge in [0.1, 0.15) is 13.2 Å². The van der Waals surface area contributed by atoms with E-state index in [2.05, 4.69) is 13.2 Å². The van der Waals surface area contributed by atoms with Crippen LogP contribution in [0.25, 0.3) is 0 Å². The van der Waals surface area contributed by atoms with E-state index in [9.17, 15) is 13.2 Å². The van der Waals surface area contributed by atoms with Crippen molar-refractivity contribution in [2.75, 3.05) is 13.2 Å². The lowest BCUT2D eigenvalue weighted by Gasteiger charge is -2.11. The molecule has 0 radical (unpaired) electrons. The fourth-order valence-corrected chi connectivity index (χ4v) is 1.08. The lowest BCUT2D eigenvalue weighted by Crippen LogP contribution is -2.04. The third kappa shape index (κ3) is 3.03. The molecule has 0 amide bonds. The molecule has 0 fully saturated rings. The molecule has 1 aromatic rings. The molecular formula is C12H11F3O2. The normalized spacial score (nSPS) is 9.82. The molecule has 17 heavy (non-hydrogen) atoms. The highest BCUT2D eigenvalue weighted by Gasteiger charge is 2.20. The summed E-state index contributed by atoms with van der Waals surface area (Å²) < 4.78 is 49.5. The van der Waals surface area contributed by atoms with Gasteiger partial charge in [-0.05, 0) is 0 Å². The molecule has 0 bridgehead atoms. The monoisotopic (exact) mass is 244 g/mol. The molecule has 0 atom stereocenters. The highest BCUT2D eigenvalue weighted by Crippen LogP contribution is 2.31. The van der Waals surface area contributed by atoms with Gasteiger partial charge < -0.3 is 9.47 Å². The van der Waals surface area contributed by atoms with Crippen LogP contribution < -0.4 is 9.47 Å². The SMILES string of the molecule is C=CCOc1cc(F)c(F)c(OCC=C)c1F. The van der Waals surface area contributed by atoms with Gasteiger partial charge in [0.2, 0.25) is 11.6 Å². The molecule has 1 aromatic carbocycles. The van der Waals surface area contributed by atoms with Crippen molar-refractivity contribution in [2.24, 2.45) is 0 Å². The first-order valence-corrected chi connectivity index (χ1v) is 4.76. The molecule has 5 heteroatoms. The predicted molar refractivity (Wildman–Crippen MR) is 57.7 cm³/mol. The van der Waals surface area contributed by atoms with Crippen molar-refractivity contribution < 1.29 is 22.6 Å². The second-order valence-electron chi connectivity index (χ2n) is 3.01. The highest BCUT2D eigenvalue weighted by molar-refractivity contribution is 5.38. The van der Waals surface area contributed by atoms with Crippen molar-refractivity contribution in [3.05, 3.63) is 48.8 Å². The molecule has 0 aromatic heterocycles. The predicted octanol–water partition coefficient (Wildman–Crippen LogP) is 3.23. The maximum Gasteiger partial charge on any atom is 0.210 e. The van der Waals surface area contributed by atoms with Crippen molar-refractivity contribution in [2.45, 2.75) is 0 Å². The number of hydrogen-bond donors (Lipinski definition) is 0. The Kier molecular flexibility index (Phi) is 4.63. The minimum Gasteiger partial charge on any atom is -0.486 e. The van der Waals surface area contributed by atoms with Crippen LogP contribution in [0.5, 0.6) is 11.5 Å². The first kappa shape index (κ1) is 13.2. The van der Waals surface area contributed by atoms with E-state index in [1.54, 1.807) is 0 Å². The van der Waals surface area contributed by atoms with E-state index in [0.29, 0.717) is 6.07 Å². The fourth-order valence-electron chi connectivity index (χ4n) is 1.08. The van der Waals surface area contributed by atoms with Crippen LogP contribution in [0.15, 0.2) is 31.4 Å². The van der Waals surface area contributed by atoms with Crippen molar-refractivity contribution in [1.82, 2.24) is 0 Å². The highest BCUT2D eigenvalue weighted by atomic mass is 19.2. The summed E-state index contributed by atoms with van der Waals surface area (Å²) in [7, 11) is 0. The van der Waals surface area contributed by atoms with E-state index in [1.807, 2.05) is 0 Å². The quantitative estimate of drug-likeness (QED) is 0.565. The summed E-state index contributed by atoms with van der Waals surface area (Å²) in [5.41, 5.74) is 0. The molecule has 0 N–H and O–H groups in total. The van der Waals surface area contributed by atoms with Crippen LogP contribution in [0, 0.1) is 17.5 Å². The second kappa shape index (κ2) is 5.98. The number of hydrogen-bond acceptors (Lipinski definition) is 2. The Morgan fingerprint density at radius 1 is 1.00 bits per heavy atom. The lowest BCUT2D eigenvalue weighted by molar-refractivity contribution is 0.287. The van der Waals surface area contributed by atoms with Gasteiger partial charge in [-0.3, -0.25) is 0 Å². The van der Waals surface area contributed by atoms with Gasteiger partial charge in [-0.25, -0.2) is 4.39 Å². The topological polar surface area (TPSA) is 18.5 Å². The van der Waals surface area contributed by atoms with Crippen molar-refractivity contribution >= 4 is 0 Å². The molecule has 0 aliphatic rings. The Morgan fingerprint density at radius 2 is 1.59 bits per heavy atom. The standard InChI is InChI=1S/C12H11F3O2/c1-3-5-16-9-7-8(13)10(14)12(11(9)15)17-6-4-2/h3-4,7H,1-2,5-6H2. The van der Waals surface area contributed by atoms with Gasteiger partial charge in [-0.15, -0.1) is 0 Å². The first-order chi connectivity index (χ1) is 8.11. The van der Waals surface area contributed by atoms with Crippen LogP contribution in [0.2, 0.25) is 0 Å². The molecular weight excluding hydrogens is 233 g/mol. The van der Waals surface area contributed by atoms with E-state index in [0.717, 1.165) is 0 Å². The molecule has 0 aliphatic carbocycles. The Balaban J connectivity index is 3.11. The zero-order valence-corrected chi connectivity index (χ0v) is 9.01. The lowest BCUT2D eigenvalue weighted by atomic mass is 10.2. The molecule has 2 nitrogen and oxygen atoms in total. The molecule has 0 aliphatic heterocycles. The molecule has 0 saturated heterocycles. The number of benzene rings is 1. The Bertz CT molecular complexity index is 430. The van der Waals surface area contributed by atoms with Crippen LogP contribution in [0.1, 0.15) is 0 Å². The molecule has 1 rings (SSSR count). The average molecular weight is 244 g/mol. The van der Waals surface area contributed by atoms with Crippen LogP contribution in [0.4, 0.5) is 13.2 Å². The average Bonchev–Trinajstić information content (AvgIpc) is 2.32. The van der Waals surface area contributed by atoms with Crippen molar-refractivity contribution in [3.8, 4) is 11.5 Å². The molecule has 0 unspecified atom stereocenters. The third-order valence-electron chi connectivity index (χ3n) is 1.78. The van der Waals surface area contributed by atoms with Crippen LogP contribution in [-0.4, -0.2) is 13.2 Å². The van der Waals surface area contributed by atoms with E-state index in [4.69, 9.17) is 9.47 Å². The maximum atomic E-state index is 13.6. The zero-order valence-electron chi connectivity index (χ0n) is 9.01. The van der Waals surface area contributed by atoms with Gasteiger partial charge in [0.05, 0.1) is 0 Å². The summed E-state index contributed by atoms with van der Waals surface area (Å²) >= 11 is 0. The summed E-state index contributed by atoms with van der Waals surface area (Å²) in [4.78, 5) is 0. The van der Waals surface area contributed by atoms with Crippen molar-refractivity contribution in [1.29, 1.82) is 0 Å². The van der Waals surface area contributed by atoms with Crippen LogP contribution in [-0.2, 0) is 0 Å².